The third kappa shape index (κ3) is 3.04. The van der Waals surface area contributed by atoms with E-state index in [1.54, 1.807) is 0 Å². The molecule has 2 aliphatic rings. The van der Waals surface area contributed by atoms with Crippen LogP contribution in [-0.2, 0) is 9.59 Å². The second-order valence-corrected chi connectivity index (χ2v) is 6.61. The molecule has 5 heteroatoms. The average molecular weight is 283 g/mol. The number of hydrogen-bond donors (Lipinski definition) is 3. The molecule has 1 aliphatic heterocycles. The molecule has 3 N–H and O–H groups in total. The molecule has 1 saturated heterocycles. The lowest BCUT2D eigenvalue weighted by atomic mass is 9.64. The Kier molecular flexibility index (Phi) is 4.81. The Balaban J connectivity index is 2.21. The summed E-state index contributed by atoms with van der Waals surface area (Å²) in [7, 11) is 0. The van der Waals surface area contributed by atoms with Gasteiger partial charge in [-0.1, -0.05) is 13.8 Å². The number of amides is 2. The molecule has 6 atom stereocenters. The normalized spacial score (nSPS) is 42.4. The van der Waals surface area contributed by atoms with Gasteiger partial charge >= 0.3 is 0 Å². The van der Waals surface area contributed by atoms with Crippen LogP contribution in [0.15, 0.2) is 0 Å². The van der Waals surface area contributed by atoms with E-state index in [0.717, 1.165) is 12.8 Å². The number of aliphatic hydroxyl groups excluding tert-OH is 2. The number of carbonyl (C=O) groups excluding carboxylic acids is 2. The van der Waals surface area contributed by atoms with Crippen LogP contribution >= 0.6 is 0 Å². The first-order valence-corrected chi connectivity index (χ1v) is 7.56. The summed E-state index contributed by atoms with van der Waals surface area (Å²) in [6, 6.07) is 0. The lowest BCUT2D eigenvalue weighted by molar-refractivity contribution is -0.144. The van der Waals surface area contributed by atoms with Crippen molar-refractivity contribution in [1.29, 1.82) is 0 Å². The van der Waals surface area contributed by atoms with Crippen LogP contribution in [-0.4, -0.2) is 34.7 Å². The number of imide groups is 1. The average Bonchev–Trinajstić information content (AvgIpc) is 2.37. The minimum atomic E-state index is -0.462. The first-order chi connectivity index (χ1) is 9.43. The van der Waals surface area contributed by atoms with Crippen LogP contribution in [0, 0.1) is 29.6 Å². The zero-order valence-electron chi connectivity index (χ0n) is 12.2. The van der Waals surface area contributed by atoms with Gasteiger partial charge in [0.2, 0.25) is 11.8 Å². The summed E-state index contributed by atoms with van der Waals surface area (Å²) in [5, 5.41) is 22.0. The predicted molar refractivity (Wildman–Crippen MR) is 73.5 cm³/mol. The summed E-state index contributed by atoms with van der Waals surface area (Å²) < 4.78 is 0. The third-order valence-electron chi connectivity index (χ3n) is 5.00. The lowest BCUT2D eigenvalue weighted by Crippen LogP contribution is -2.52. The topological polar surface area (TPSA) is 86.6 Å². The van der Waals surface area contributed by atoms with Gasteiger partial charge < -0.3 is 10.2 Å². The number of aliphatic hydroxyl groups is 2. The van der Waals surface area contributed by atoms with Gasteiger partial charge in [0.25, 0.3) is 0 Å². The van der Waals surface area contributed by atoms with E-state index < -0.39 is 6.10 Å². The Hall–Kier alpha value is -0.940. The molecule has 0 spiro atoms. The molecule has 2 rings (SSSR count). The SMILES string of the molecule is CC1CC(C)C(O)C(C2CC(=O)NC(=O)C2CCO)C1. The predicted octanol–water partition coefficient (Wildman–Crippen LogP) is 0.691. The maximum absolute atomic E-state index is 12.0. The number of piperidine rings is 1. The van der Waals surface area contributed by atoms with Crippen LogP contribution in [0.5, 0.6) is 0 Å². The quantitative estimate of drug-likeness (QED) is 0.665. The van der Waals surface area contributed by atoms with Crippen LogP contribution < -0.4 is 5.32 Å². The Labute approximate surface area is 119 Å². The minimum absolute atomic E-state index is 0.0275. The van der Waals surface area contributed by atoms with Gasteiger partial charge in [0, 0.05) is 18.9 Å². The maximum Gasteiger partial charge on any atom is 0.230 e. The van der Waals surface area contributed by atoms with Gasteiger partial charge in [-0.15, -0.1) is 0 Å². The van der Waals surface area contributed by atoms with Gasteiger partial charge in [0.15, 0.2) is 0 Å². The summed E-state index contributed by atoms with van der Waals surface area (Å²) >= 11 is 0. The molecule has 1 aliphatic carbocycles. The van der Waals surface area contributed by atoms with Crippen LogP contribution in [0.3, 0.4) is 0 Å². The van der Waals surface area contributed by atoms with Crippen molar-refractivity contribution in [3.05, 3.63) is 0 Å². The highest BCUT2D eigenvalue weighted by Gasteiger charge is 2.45. The molecule has 2 amide bonds. The highest BCUT2D eigenvalue weighted by molar-refractivity contribution is 5.99. The Bertz CT molecular complexity index is 384. The molecular weight excluding hydrogens is 258 g/mol. The van der Waals surface area contributed by atoms with Crippen LogP contribution in [0.25, 0.3) is 0 Å². The van der Waals surface area contributed by atoms with Gasteiger partial charge in [-0.25, -0.2) is 0 Å². The molecule has 114 valence electrons. The van der Waals surface area contributed by atoms with Gasteiger partial charge in [0.1, 0.15) is 0 Å². The second-order valence-electron chi connectivity index (χ2n) is 6.61. The van der Waals surface area contributed by atoms with Crippen molar-refractivity contribution in [2.75, 3.05) is 6.61 Å². The molecule has 20 heavy (non-hydrogen) atoms. The van der Waals surface area contributed by atoms with E-state index in [2.05, 4.69) is 12.2 Å². The van der Waals surface area contributed by atoms with Crippen molar-refractivity contribution in [2.45, 2.75) is 45.6 Å². The Morgan fingerprint density at radius 3 is 2.55 bits per heavy atom. The first kappa shape index (κ1) is 15.4. The van der Waals surface area contributed by atoms with Crippen molar-refractivity contribution in [2.24, 2.45) is 29.6 Å². The van der Waals surface area contributed by atoms with Crippen molar-refractivity contribution < 1.29 is 19.8 Å². The Morgan fingerprint density at radius 1 is 1.20 bits per heavy atom. The zero-order chi connectivity index (χ0) is 14.9. The monoisotopic (exact) mass is 283 g/mol. The van der Waals surface area contributed by atoms with Gasteiger partial charge in [-0.2, -0.15) is 0 Å². The summed E-state index contributed by atoms with van der Waals surface area (Å²) in [5.74, 6) is -0.406. The highest BCUT2D eigenvalue weighted by Crippen LogP contribution is 2.42. The van der Waals surface area contributed by atoms with Gasteiger partial charge in [0.05, 0.1) is 6.10 Å². The van der Waals surface area contributed by atoms with Crippen LogP contribution in [0.2, 0.25) is 0 Å². The van der Waals surface area contributed by atoms with E-state index in [1.807, 2.05) is 6.92 Å². The second kappa shape index (κ2) is 6.22. The molecule has 0 aromatic heterocycles. The van der Waals surface area contributed by atoms with Gasteiger partial charge in [-0.05, 0) is 42.9 Å². The summed E-state index contributed by atoms with van der Waals surface area (Å²) in [5.41, 5.74) is 0. The smallest absolute Gasteiger partial charge is 0.230 e. The number of hydrogen-bond acceptors (Lipinski definition) is 4. The van der Waals surface area contributed by atoms with E-state index in [4.69, 9.17) is 5.11 Å². The summed E-state index contributed by atoms with van der Waals surface area (Å²) in [6.07, 6.45) is 2.00. The molecule has 0 radical (unpaired) electrons. The molecule has 5 nitrogen and oxygen atoms in total. The van der Waals surface area contributed by atoms with Crippen molar-refractivity contribution in [3.8, 4) is 0 Å². The fraction of sp³-hybridized carbons (Fsp3) is 0.867. The van der Waals surface area contributed by atoms with Crippen molar-refractivity contribution >= 4 is 11.8 Å². The number of carbonyl (C=O) groups is 2. The Morgan fingerprint density at radius 2 is 1.90 bits per heavy atom. The largest absolute Gasteiger partial charge is 0.396 e. The molecular formula is C15H25NO4. The third-order valence-corrected chi connectivity index (χ3v) is 5.00. The molecule has 1 saturated carbocycles. The van der Waals surface area contributed by atoms with E-state index in [0.29, 0.717) is 12.3 Å². The molecule has 2 fully saturated rings. The summed E-state index contributed by atoms with van der Waals surface area (Å²) in [4.78, 5) is 23.7. The zero-order valence-corrected chi connectivity index (χ0v) is 12.2. The first-order valence-electron chi connectivity index (χ1n) is 7.56. The molecule has 0 bridgehead atoms. The molecule has 0 aromatic rings. The lowest BCUT2D eigenvalue weighted by Gasteiger charge is -2.44. The number of rotatable bonds is 3. The van der Waals surface area contributed by atoms with E-state index in [9.17, 15) is 14.7 Å². The summed E-state index contributed by atoms with van der Waals surface area (Å²) in [6.45, 7) is 4.11. The molecule has 0 aromatic carbocycles. The minimum Gasteiger partial charge on any atom is -0.396 e. The number of nitrogens with one attached hydrogen (secondary N) is 1. The van der Waals surface area contributed by atoms with Gasteiger partial charge in [-0.3, -0.25) is 14.9 Å². The fourth-order valence-electron chi connectivity index (χ4n) is 4.09. The standard InChI is InChI=1S/C15H25NO4/c1-8-5-9(2)14(19)12(6-8)11-7-13(18)16-15(20)10(11)3-4-17/h8-12,14,17,19H,3-7H2,1-2H3,(H,16,18,20). The molecule has 6 unspecified atom stereocenters. The molecule has 1 heterocycles. The van der Waals surface area contributed by atoms with Crippen LogP contribution in [0.1, 0.15) is 39.5 Å². The maximum atomic E-state index is 12.0. The van der Waals surface area contributed by atoms with E-state index in [1.165, 1.54) is 0 Å². The van der Waals surface area contributed by atoms with Crippen molar-refractivity contribution in [3.63, 3.8) is 0 Å². The highest BCUT2D eigenvalue weighted by atomic mass is 16.3. The van der Waals surface area contributed by atoms with Crippen molar-refractivity contribution in [1.82, 2.24) is 5.32 Å². The van der Waals surface area contributed by atoms with E-state index in [-0.39, 0.29) is 48.5 Å². The van der Waals surface area contributed by atoms with E-state index >= 15 is 0 Å². The fourth-order valence-corrected chi connectivity index (χ4v) is 4.09. The van der Waals surface area contributed by atoms with Crippen LogP contribution in [0.4, 0.5) is 0 Å².